The molecule has 1 aliphatic rings. The molecule has 92 valence electrons. The Labute approximate surface area is 94.6 Å². The van der Waals surface area contributed by atoms with Crippen molar-refractivity contribution in [2.45, 2.75) is 38.4 Å². The van der Waals surface area contributed by atoms with Crippen LogP contribution in [0.25, 0.3) is 0 Å². The van der Waals surface area contributed by atoms with E-state index in [1.54, 1.807) is 13.8 Å². The van der Waals surface area contributed by atoms with Crippen molar-refractivity contribution in [1.29, 1.82) is 0 Å². The number of nitrogens with two attached hydrogens (primary N) is 1. The van der Waals surface area contributed by atoms with Gasteiger partial charge in [0.1, 0.15) is 6.17 Å². The Balaban J connectivity index is 2.74. The molecule has 1 amide bonds. The van der Waals surface area contributed by atoms with Gasteiger partial charge in [-0.2, -0.15) is 0 Å². The molecular formula is C9H18BFN2O3. The van der Waals surface area contributed by atoms with Crippen molar-refractivity contribution >= 4 is 13.0 Å². The van der Waals surface area contributed by atoms with Gasteiger partial charge in [-0.3, -0.25) is 4.79 Å². The number of hydrogen-bond acceptors (Lipinski definition) is 4. The maximum Gasteiger partial charge on any atom is 0.475 e. The fourth-order valence-electron chi connectivity index (χ4n) is 1.83. The molecule has 4 N–H and O–H groups in total. The molecule has 0 saturated carbocycles. The molecule has 0 bridgehead atoms. The molecule has 0 spiro atoms. The first-order valence-electron chi connectivity index (χ1n) is 5.40. The molecule has 0 aliphatic carbocycles. The third-order valence-corrected chi connectivity index (χ3v) is 2.92. The molecule has 1 rings (SSSR count). The lowest BCUT2D eigenvalue weighted by atomic mass is 9.77. The Bertz CT molecular complexity index is 265. The SMILES string of the molecule is CC(C)C(N)C(=O)N1C[C@H](F)C[C@H]1B(O)O. The standard InChI is InChI=1S/C9H18BFN2O3/c1-5(2)8(12)9(14)13-4-6(11)3-7(13)10(15)16/h5-8,15-16H,3-4,12H2,1-2H3/t6-,7+,8?/m1/s1. The molecule has 1 fully saturated rings. The molecule has 1 heterocycles. The minimum absolute atomic E-state index is 0.0474. The average molecular weight is 232 g/mol. The second-order valence-electron chi connectivity index (χ2n) is 4.57. The zero-order chi connectivity index (χ0) is 12.5. The number of halogens is 1. The highest BCUT2D eigenvalue weighted by Gasteiger charge is 2.43. The maximum absolute atomic E-state index is 13.2. The van der Waals surface area contributed by atoms with E-state index in [1.807, 2.05) is 0 Å². The lowest BCUT2D eigenvalue weighted by Crippen LogP contribution is -2.52. The van der Waals surface area contributed by atoms with Gasteiger partial charge in [-0.05, 0) is 12.3 Å². The fraction of sp³-hybridized carbons (Fsp3) is 0.889. The highest BCUT2D eigenvalue weighted by Crippen LogP contribution is 2.22. The van der Waals surface area contributed by atoms with E-state index in [-0.39, 0.29) is 18.9 Å². The zero-order valence-electron chi connectivity index (χ0n) is 9.51. The summed E-state index contributed by atoms with van der Waals surface area (Å²) in [7, 11) is -1.72. The van der Waals surface area contributed by atoms with Gasteiger partial charge in [0.25, 0.3) is 0 Å². The maximum atomic E-state index is 13.2. The van der Waals surface area contributed by atoms with Crippen LogP contribution in [0.3, 0.4) is 0 Å². The Kier molecular flexibility index (Phi) is 4.29. The largest absolute Gasteiger partial charge is 0.475 e. The van der Waals surface area contributed by atoms with Crippen LogP contribution in [0.5, 0.6) is 0 Å². The van der Waals surface area contributed by atoms with E-state index in [1.165, 1.54) is 0 Å². The van der Waals surface area contributed by atoms with Crippen LogP contribution in [0.4, 0.5) is 4.39 Å². The zero-order valence-corrected chi connectivity index (χ0v) is 9.51. The molecule has 1 aliphatic heterocycles. The molecule has 0 aromatic rings. The Morgan fingerprint density at radius 3 is 2.56 bits per heavy atom. The summed E-state index contributed by atoms with van der Waals surface area (Å²) in [6.07, 6.45) is -1.26. The smallest absolute Gasteiger partial charge is 0.426 e. The van der Waals surface area contributed by atoms with E-state index in [4.69, 9.17) is 15.8 Å². The first-order valence-corrected chi connectivity index (χ1v) is 5.40. The number of likely N-dealkylation sites (tertiary alicyclic amines) is 1. The van der Waals surface area contributed by atoms with Crippen LogP contribution in [-0.4, -0.2) is 52.7 Å². The van der Waals surface area contributed by atoms with E-state index in [2.05, 4.69) is 0 Å². The number of carbonyl (C=O) groups excluding carboxylic acids is 1. The lowest BCUT2D eigenvalue weighted by Gasteiger charge is -2.27. The summed E-state index contributed by atoms with van der Waals surface area (Å²) >= 11 is 0. The van der Waals surface area contributed by atoms with Crippen LogP contribution in [0.1, 0.15) is 20.3 Å². The number of rotatable bonds is 3. The number of carbonyl (C=O) groups is 1. The molecule has 1 unspecified atom stereocenters. The topological polar surface area (TPSA) is 86.8 Å². The monoisotopic (exact) mass is 232 g/mol. The van der Waals surface area contributed by atoms with Gasteiger partial charge in [0.2, 0.25) is 5.91 Å². The van der Waals surface area contributed by atoms with Gasteiger partial charge in [-0.25, -0.2) is 4.39 Å². The third-order valence-electron chi connectivity index (χ3n) is 2.92. The average Bonchev–Trinajstić information content (AvgIpc) is 2.58. The Hall–Kier alpha value is -0.655. The van der Waals surface area contributed by atoms with Crippen LogP contribution in [0.2, 0.25) is 0 Å². The van der Waals surface area contributed by atoms with Gasteiger partial charge in [0, 0.05) is 0 Å². The van der Waals surface area contributed by atoms with Crippen molar-refractivity contribution in [2.75, 3.05) is 6.54 Å². The van der Waals surface area contributed by atoms with E-state index in [0.29, 0.717) is 0 Å². The molecule has 1 saturated heterocycles. The summed E-state index contributed by atoms with van der Waals surface area (Å²) in [6, 6.07) is -0.730. The molecule has 7 heteroatoms. The Morgan fingerprint density at radius 1 is 1.56 bits per heavy atom. The van der Waals surface area contributed by atoms with Gasteiger partial charge >= 0.3 is 7.12 Å². The van der Waals surface area contributed by atoms with Crippen molar-refractivity contribution in [3.63, 3.8) is 0 Å². The van der Waals surface area contributed by atoms with E-state index < -0.39 is 31.2 Å². The normalized spacial score (nSPS) is 27.3. The van der Waals surface area contributed by atoms with Crippen molar-refractivity contribution in [1.82, 2.24) is 4.90 Å². The van der Waals surface area contributed by atoms with Crippen molar-refractivity contribution in [3.05, 3.63) is 0 Å². The van der Waals surface area contributed by atoms with Gasteiger partial charge in [0.15, 0.2) is 0 Å². The van der Waals surface area contributed by atoms with Gasteiger partial charge in [-0.15, -0.1) is 0 Å². The first-order chi connectivity index (χ1) is 7.34. The van der Waals surface area contributed by atoms with Crippen LogP contribution in [0, 0.1) is 5.92 Å². The van der Waals surface area contributed by atoms with E-state index >= 15 is 0 Å². The highest BCUT2D eigenvalue weighted by atomic mass is 19.1. The van der Waals surface area contributed by atoms with E-state index in [9.17, 15) is 9.18 Å². The van der Waals surface area contributed by atoms with Gasteiger partial charge in [-0.1, -0.05) is 13.8 Å². The van der Waals surface area contributed by atoms with Crippen LogP contribution < -0.4 is 5.73 Å². The van der Waals surface area contributed by atoms with Crippen LogP contribution in [0.15, 0.2) is 0 Å². The number of amides is 1. The minimum atomic E-state index is -1.72. The molecule has 0 aromatic heterocycles. The molecule has 5 nitrogen and oxygen atoms in total. The molecule has 16 heavy (non-hydrogen) atoms. The molecule has 3 atom stereocenters. The fourth-order valence-corrected chi connectivity index (χ4v) is 1.83. The highest BCUT2D eigenvalue weighted by molar-refractivity contribution is 6.43. The molecular weight excluding hydrogens is 214 g/mol. The third kappa shape index (κ3) is 2.72. The second kappa shape index (κ2) is 5.12. The van der Waals surface area contributed by atoms with Crippen LogP contribution in [-0.2, 0) is 4.79 Å². The number of hydrogen-bond donors (Lipinski definition) is 3. The number of alkyl halides is 1. The van der Waals surface area contributed by atoms with E-state index in [0.717, 1.165) is 4.90 Å². The van der Waals surface area contributed by atoms with Crippen molar-refractivity contribution in [2.24, 2.45) is 11.7 Å². The summed E-state index contributed by atoms with van der Waals surface area (Å²) < 4.78 is 13.2. The van der Waals surface area contributed by atoms with Gasteiger partial charge in [0.05, 0.1) is 18.5 Å². The lowest BCUT2D eigenvalue weighted by molar-refractivity contribution is -0.133. The summed E-state index contributed by atoms with van der Waals surface area (Å²) in [4.78, 5) is 13.0. The van der Waals surface area contributed by atoms with Gasteiger partial charge < -0.3 is 20.7 Å². The van der Waals surface area contributed by atoms with Crippen molar-refractivity contribution < 1.29 is 19.2 Å². The quantitative estimate of drug-likeness (QED) is 0.540. The molecule has 0 radical (unpaired) electrons. The van der Waals surface area contributed by atoms with Crippen molar-refractivity contribution in [3.8, 4) is 0 Å². The first kappa shape index (κ1) is 13.4. The summed E-state index contributed by atoms with van der Waals surface area (Å²) in [5.41, 5.74) is 5.67. The summed E-state index contributed by atoms with van der Waals surface area (Å²) in [5, 5.41) is 18.1. The second-order valence-corrected chi connectivity index (χ2v) is 4.57. The molecule has 0 aromatic carbocycles. The predicted octanol–water partition coefficient (Wildman–Crippen LogP) is -1.08. The van der Waals surface area contributed by atoms with Crippen LogP contribution >= 0.6 is 0 Å². The predicted molar refractivity (Wildman–Crippen MR) is 58.0 cm³/mol. The Morgan fingerprint density at radius 2 is 2.12 bits per heavy atom. The summed E-state index contributed by atoms with van der Waals surface area (Å²) in [5.74, 6) is -1.37. The minimum Gasteiger partial charge on any atom is -0.426 e. The summed E-state index contributed by atoms with van der Waals surface area (Å²) in [6.45, 7) is 3.47. The number of nitrogens with zero attached hydrogens (tertiary/aromatic N) is 1.